The molecule has 17 atom stereocenters. The van der Waals surface area contributed by atoms with Gasteiger partial charge in [-0.2, -0.15) is 0 Å². The molecule has 0 aromatic carbocycles. The Hall–Kier alpha value is -2.13. The van der Waals surface area contributed by atoms with Crippen LogP contribution in [0.15, 0.2) is 47.3 Å². The van der Waals surface area contributed by atoms with Crippen molar-refractivity contribution in [2.24, 2.45) is 58.0 Å². The number of ketones is 1. The number of ether oxygens (including phenoxy) is 1. The quantitative estimate of drug-likeness (QED) is 0.154. The van der Waals surface area contributed by atoms with Gasteiger partial charge in [-0.25, -0.2) is 0 Å². The number of rotatable bonds is 8. The minimum absolute atomic E-state index is 0.00410. The van der Waals surface area contributed by atoms with Crippen molar-refractivity contribution in [3.05, 3.63) is 47.3 Å². The third-order valence-corrected chi connectivity index (χ3v) is 14.7. The van der Waals surface area contributed by atoms with E-state index in [0.29, 0.717) is 31.4 Å². The minimum atomic E-state index is -1.73. The third kappa shape index (κ3) is 5.54. The number of carbonyl (C=O) groups excluding carboxylic acids is 1. The first kappa shape index (κ1) is 37.2. The van der Waals surface area contributed by atoms with Gasteiger partial charge in [-0.15, -0.1) is 0 Å². The van der Waals surface area contributed by atoms with Gasteiger partial charge in [0.25, 0.3) is 0 Å². The summed E-state index contributed by atoms with van der Waals surface area (Å²) in [7, 11) is 0. The second-order valence-corrected chi connectivity index (χ2v) is 17.6. The van der Waals surface area contributed by atoms with E-state index in [9.17, 15) is 40.5 Å². The highest BCUT2D eigenvalue weighted by molar-refractivity contribution is 6.00. The molecule has 12 heteroatoms. The molecule has 1 saturated heterocycles. The Morgan fingerprint density at radius 1 is 1.16 bits per heavy atom. The van der Waals surface area contributed by atoms with E-state index >= 15 is 0 Å². The summed E-state index contributed by atoms with van der Waals surface area (Å²) in [5.41, 5.74) is 2.69. The fourth-order valence-corrected chi connectivity index (χ4v) is 12.1. The molecule has 4 fully saturated rings. The molecule has 7 rings (SSSR count). The molecular formula is C39H59N3O9. The normalized spacial score (nSPS) is 48.4. The van der Waals surface area contributed by atoms with Crippen molar-refractivity contribution in [3.63, 3.8) is 0 Å². The number of allylic oxidation sites excluding steroid dienone is 5. The molecule has 51 heavy (non-hydrogen) atoms. The highest BCUT2D eigenvalue weighted by atomic mass is 16.5. The lowest BCUT2D eigenvalue weighted by atomic mass is 9.41. The van der Waals surface area contributed by atoms with Crippen LogP contribution in [0.5, 0.6) is 0 Å². The summed E-state index contributed by atoms with van der Waals surface area (Å²) in [5.74, 6) is -2.67. The number of aliphatic hydroxyl groups is 7. The van der Waals surface area contributed by atoms with Gasteiger partial charge in [-0.1, -0.05) is 32.1 Å². The van der Waals surface area contributed by atoms with Crippen LogP contribution in [0.25, 0.3) is 0 Å². The molecule has 11 N–H and O–H groups in total. The summed E-state index contributed by atoms with van der Waals surface area (Å²) < 4.78 is 5.98. The van der Waals surface area contributed by atoms with E-state index in [4.69, 9.17) is 10.5 Å². The summed E-state index contributed by atoms with van der Waals surface area (Å²) in [6.07, 6.45) is 6.48. The predicted molar refractivity (Wildman–Crippen MR) is 188 cm³/mol. The second-order valence-electron chi connectivity index (χ2n) is 17.6. The number of Topliss-reactive ketones (excluding diaryl/α,β-unsaturated/α-hetero) is 1. The molecule has 1 spiro atoms. The maximum Gasteiger partial charge on any atom is 0.182 e. The predicted octanol–water partition coefficient (Wildman–Crippen LogP) is 0.355. The Balaban J connectivity index is 1.39. The SMILES string of the molecule is CC(O)CNC1=C2C3C(C=CC(C4=CNC(N)C=C4)CC34CC(O)C(O)CC4C1=O)CC1(C)C(C(C)(O)C(O)C3OCC(C)C3CO)CCC21O. The lowest BCUT2D eigenvalue weighted by Crippen LogP contribution is -2.67. The first-order valence-corrected chi connectivity index (χ1v) is 19.0. The Kier molecular flexibility index (Phi) is 9.50. The number of hydrogen-bond donors (Lipinski definition) is 10. The van der Waals surface area contributed by atoms with E-state index in [2.05, 4.69) is 22.8 Å². The van der Waals surface area contributed by atoms with Crippen molar-refractivity contribution in [1.82, 2.24) is 10.6 Å². The van der Waals surface area contributed by atoms with Crippen LogP contribution in [0.3, 0.4) is 0 Å². The topological polar surface area (TPSA) is 218 Å². The van der Waals surface area contributed by atoms with Gasteiger partial charge in [0, 0.05) is 42.5 Å². The second kappa shape index (κ2) is 13.0. The van der Waals surface area contributed by atoms with E-state index in [-0.39, 0.29) is 73.7 Å². The van der Waals surface area contributed by atoms with Crippen molar-refractivity contribution < 1.29 is 45.3 Å². The van der Waals surface area contributed by atoms with Gasteiger partial charge in [-0.05, 0) is 98.7 Å². The van der Waals surface area contributed by atoms with E-state index in [1.807, 2.05) is 32.2 Å². The molecule has 0 aromatic rings. The highest BCUT2D eigenvalue weighted by Crippen LogP contribution is 2.72. The first-order valence-electron chi connectivity index (χ1n) is 19.0. The van der Waals surface area contributed by atoms with Crippen LogP contribution in [-0.4, -0.2) is 109 Å². The van der Waals surface area contributed by atoms with Crippen LogP contribution in [0.2, 0.25) is 0 Å². The van der Waals surface area contributed by atoms with Crippen molar-refractivity contribution in [3.8, 4) is 0 Å². The maximum absolute atomic E-state index is 15.0. The molecule has 0 aromatic heterocycles. The number of aliphatic hydroxyl groups excluding tert-OH is 5. The summed E-state index contributed by atoms with van der Waals surface area (Å²) in [6, 6.07) is 0. The van der Waals surface area contributed by atoms with Crippen LogP contribution in [0.1, 0.15) is 66.2 Å². The summed E-state index contributed by atoms with van der Waals surface area (Å²) >= 11 is 0. The molecule has 0 bridgehead atoms. The van der Waals surface area contributed by atoms with Crippen LogP contribution < -0.4 is 16.4 Å². The summed E-state index contributed by atoms with van der Waals surface area (Å²) in [6.45, 7) is 7.38. The van der Waals surface area contributed by atoms with Gasteiger partial charge in [0.2, 0.25) is 0 Å². The molecule has 5 aliphatic carbocycles. The molecular weight excluding hydrogens is 654 g/mol. The smallest absolute Gasteiger partial charge is 0.182 e. The van der Waals surface area contributed by atoms with E-state index in [1.54, 1.807) is 13.8 Å². The Morgan fingerprint density at radius 2 is 1.90 bits per heavy atom. The highest BCUT2D eigenvalue weighted by Gasteiger charge is 2.73. The van der Waals surface area contributed by atoms with Crippen molar-refractivity contribution in [1.29, 1.82) is 0 Å². The van der Waals surface area contributed by atoms with Gasteiger partial charge >= 0.3 is 0 Å². The zero-order valence-electron chi connectivity index (χ0n) is 30.3. The van der Waals surface area contributed by atoms with Crippen molar-refractivity contribution in [2.75, 3.05) is 19.8 Å². The lowest BCUT2D eigenvalue weighted by Gasteiger charge is -2.64. The zero-order valence-corrected chi connectivity index (χ0v) is 30.3. The average molecular weight is 714 g/mol. The molecule has 3 saturated carbocycles. The summed E-state index contributed by atoms with van der Waals surface area (Å²) in [4.78, 5) is 15.0. The van der Waals surface area contributed by atoms with Crippen LogP contribution in [0, 0.1) is 52.3 Å². The minimum Gasteiger partial charge on any atom is -0.396 e. The Labute approximate surface area is 300 Å². The average Bonchev–Trinajstić information content (AvgIpc) is 3.53. The number of fused-ring (bicyclic) bond motifs is 2. The summed E-state index contributed by atoms with van der Waals surface area (Å²) in [5, 5.41) is 87.1. The standard InChI is InChI=1S/C39H59N3O9/c1-19-18-51-34(24(19)17-43)35(48)37(4,49)28-9-10-39(50)31-30-22(12-36(28,39)3)6-5-21(23-7-8-29(40)41-16-23)13-38(30)14-27(46)26(45)11-25(38)33(47)32(31)42-15-20(2)44/h5-8,16,19-22,24-30,34-35,41-46,48-50H,9-15,17-18,40H2,1-4H3. The molecule has 7 aliphatic rings. The molecule has 2 aliphatic heterocycles. The fraction of sp³-hybridized carbons (Fsp3) is 0.769. The van der Waals surface area contributed by atoms with Crippen molar-refractivity contribution in [2.45, 2.75) is 114 Å². The number of carbonyl (C=O) groups is 1. The first-order chi connectivity index (χ1) is 24.0. The Morgan fingerprint density at radius 3 is 2.57 bits per heavy atom. The molecule has 284 valence electrons. The van der Waals surface area contributed by atoms with Gasteiger partial charge in [0.05, 0.1) is 54.1 Å². The molecule has 0 radical (unpaired) electrons. The van der Waals surface area contributed by atoms with E-state index in [1.165, 1.54) is 0 Å². The number of dihydropyridines is 1. The largest absolute Gasteiger partial charge is 0.396 e. The molecule has 2 heterocycles. The maximum atomic E-state index is 15.0. The Bertz CT molecular complexity index is 1510. The third-order valence-electron chi connectivity index (χ3n) is 14.7. The van der Waals surface area contributed by atoms with Gasteiger partial charge in [-0.3, -0.25) is 4.79 Å². The molecule has 0 amide bonds. The number of nitrogens with two attached hydrogens (primary N) is 1. The molecule has 12 nitrogen and oxygen atoms in total. The number of hydrogen-bond acceptors (Lipinski definition) is 12. The zero-order chi connectivity index (χ0) is 36.8. The van der Waals surface area contributed by atoms with Gasteiger partial charge < -0.3 is 56.8 Å². The monoisotopic (exact) mass is 713 g/mol. The lowest BCUT2D eigenvalue weighted by molar-refractivity contribution is -0.202. The van der Waals surface area contributed by atoms with E-state index in [0.717, 1.165) is 5.57 Å². The van der Waals surface area contributed by atoms with Crippen LogP contribution >= 0.6 is 0 Å². The van der Waals surface area contributed by atoms with Gasteiger partial charge in [0.1, 0.15) is 6.10 Å². The number of nitrogens with one attached hydrogen (secondary N) is 2. The van der Waals surface area contributed by atoms with E-state index < -0.39 is 70.3 Å². The fourth-order valence-electron chi connectivity index (χ4n) is 12.1. The molecule has 17 unspecified atom stereocenters. The van der Waals surface area contributed by atoms with Crippen LogP contribution in [0.4, 0.5) is 0 Å². The van der Waals surface area contributed by atoms with Crippen LogP contribution in [-0.2, 0) is 9.53 Å². The van der Waals surface area contributed by atoms with Gasteiger partial charge in [0.15, 0.2) is 5.78 Å². The van der Waals surface area contributed by atoms with Crippen molar-refractivity contribution >= 4 is 5.78 Å².